The molecule has 4 aromatic rings. The number of hydrogen-bond donors (Lipinski definition) is 0. The Balaban J connectivity index is 1.21. The van der Waals surface area contributed by atoms with Gasteiger partial charge in [-0.05, 0) is 75.1 Å². The minimum absolute atomic E-state index is 0.0554. The monoisotopic (exact) mass is 508 g/mol. The number of piperidine rings is 1. The van der Waals surface area contributed by atoms with E-state index in [-0.39, 0.29) is 12.2 Å². The van der Waals surface area contributed by atoms with Crippen LogP contribution in [0.5, 0.6) is 0 Å². The summed E-state index contributed by atoms with van der Waals surface area (Å²) in [6.45, 7) is 6.39. The second-order valence-electron chi connectivity index (χ2n) is 10.8. The van der Waals surface area contributed by atoms with Crippen LogP contribution in [0, 0.1) is 0 Å². The Labute approximate surface area is 224 Å². The van der Waals surface area contributed by atoms with Crippen LogP contribution in [-0.2, 0) is 26.6 Å². The van der Waals surface area contributed by atoms with Crippen LogP contribution in [0.2, 0.25) is 0 Å². The van der Waals surface area contributed by atoms with Gasteiger partial charge in [0, 0.05) is 42.8 Å². The summed E-state index contributed by atoms with van der Waals surface area (Å²) in [6.07, 6.45) is 10.4. The normalized spacial score (nSPS) is 16.9. The van der Waals surface area contributed by atoms with Gasteiger partial charge < -0.3 is 0 Å². The third kappa shape index (κ3) is 5.54. The number of aromatic nitrogens is 4. The average molecular weight is 509 g/mol. The fourth-order valence-corrected chi connectivity index (χ4v) is 5.82. The van der Waals surface area contributed by atoms with Crippen LogP contribution in [0.1, 0.15) is 59.5 Å². The third-order valence-corrected chi connectivity index (χ3v) is 8.00. The zero-order valence-electron chi connectivity index (χ0n) is 22.3. The van der Waals surface area contributed by atoms with Gasteiger partial charge in [0.1, 0.15) is 5.82 Å². The maximum Gasteiger partial charge on any atom is 0.170 e. The molecule has 0 N–H and O–H groups in total. The molecule has 0 saturated carbocycles. The van der Waals surface area contributed by atoms with Crippen LogP contribution in [-0.4, -0.2) is 61.5 Å². The number of benzene rings is 2. The minimum atomic E-state index is 0.0554. The van der Waals surface area contributed by atoms with Gasteiger partial charge in [0.25, 0.3) is 0 Å². The van der Waals surface area contributed by atoms with Crippen molar-refractivity contribution in [2.75, 3.05) is 26.2 Å². The Kier molecular flexibility index (Phi) is 7.29. The van der Waals surface area contributed by atoms with E-state index < -0.39 is 0 Å². The number of carbonyl (C=O) groups excluding carboxylic acids is 1. The molecule has 0 atom stereocenters. The average Bonchev–Trinajstić information content (AvgIpc) is 3.59. The van der Waals surface area contributed by atoms with Gasteiger partial charge in [-0.2, -0.15) is 5.10 Å². The number of rotatable bonds is 8. The first-order valence-electron chi connectivity index (χ1n) is 14.0. The van der Waals surface area contributed by atoms with Crippen molar-refractivity contribution in [3.8, 4) is 11.1 Å². The van der Waals surface area contributed by atoms with Crippen molar-refractivity contribution in [3.05, 3.63) is 77.5 Å². The van der Waals surface area contributed by atoms with Crippen molar-refractivity contribution < 1.29 is 4.79 Å². The Morgan fingerprint density at radius 1 is 0.868 bits per heavy atom. The Morgan fingerprint density at radius 2 is 1.63 bits per heavy atom. The molecule has 0 spiro atoms. The molecule has 7 heteroatoms. The van der Waals surface area contributed by atoms with Gasteiger partial charge in [0.2, 0.25) is 0 Å². The molecule has 0 radical (unpaired) electrons. The van der Waals surface area contributed by atoms with Crippen molar-refractivity contribution in [1.29, 1.82) is 0 Å². The maximum atomic E-state index is 13.2. The zero-order chi connectivity index (χ0) is 25.9. The highest BCUT2D eigenvalue weighted by molar-refractivity contribution is 5.97. The highest BCUT2D eigenvalue weighted by Gasteiger charge is 2.18. The summed E-state index contributed by atoms with van der Waals surface area (Å²) in [6, 6.07) is 14.3. The van der Waals surface area contributed by atoms with Crippen molar-refractivity contribution >= 4 is 16.7 Å². The molecule has 7 nitrogen and oxygen atoms in total. The molecule has 4 heterocycles. The van der Waals surface area contributed by atoms with Gasteiger partial charge in [-0.15, -0.1) is 0 Å². The smallest absolute Gasteiger partial charge is 0.170 e. The second-order valence-corrected chi connectivity index (χ2v) is 10.8. The van der Waals surface area contributed by atoms with E-state index in [1.54, 1.807) is 0 Å². The Hall–Kier alpha value is -3.42. The molecular formula is C31H36N6O. The number of nitrogens with zero attached hydrogens (tertiary/aromatic N) is 6. The molecule has 0 aliphatic carbocycles. The molecule has 2 saturated heterocycles. The summed E-state index contributed by atoms with van der Waals surface area (Å²) < 4.78 is 2.00. The molecule has 2 aliphatic rings. The predicted octanol–water partition coefficient (Wildman–Crippen LogP) is 5.04. The van der Waals surface area contributed by atoms with Crippen LogP contribution in [0.25, 0.3) is 22.0 Å². The largest absolute Gasteiger partial charge is 0.299 e. The van der Waals surface area contributed by atoms with Crippen LogP contribution in [0.4, 0.5) is 0 Å². The molecule has 6 rings (SSSR count). The van der Waals surface area contributed by atoms with Crippen LogP contribution in [0.15, 0.2) is 54.9 Å². The number of Topliss-reactive ketones (excluding diaryl/α,β-unsaturated/α-hetero) is 1. The van der Waals surface area contributed by atoms with Crippen LogP contribution >= 0.6 is 0 Å². The number of aryl methyl sites for hydroxylation is 1. The standard InChI is InChI=1S/C31H36N6O/c1-35-29(22-37-12-3-2-4-13-37)27(20-33-35)24-10-11-26-19-32-31(34-28(26)17-24)18-30(38)25-9-7-8-23(16-25)21-36-14-5-6-15-36/h7-11,16-17,19-20H,2-6,12-15,18,21-22H2,1H3. The van der Waals surface area contributed by atoms with E-state index in [1.807, 2.05) is 42.3 Å². The van der Waals surface area contributed by atoms with E-state index >= 15 is 0 Å². The molecule has 196 valence electrons. The molecule has 0 unspecified atom stereocenters. The molecule has 2 fully saturated rings. The van der Waals surface area contributed by atoms with Gasteiger partial charge in [0.15, 0.2) is 5.78 Å². The highest BCUT2D eigenvalue weighted by Crippen LogP contribution is 2.28. The summed E-state index contributed by atoms with van der Waals surface area (Å²) in [5.41, 5.74) is 6.25. The quantitative estimate of drug-likeness (QED) is 0.311. The molecule has 2 aromatic carbocycles. The molecule has 2 aromatic heterocycles. The topological polar surface area (TPSA) is 67.2 Å². The van der Waals surface area contributed by atoms with E-state index in [0.29, 0.717) is 5.82 Å². The lowest BCUT2D eigenvalue weighted by atomic mass is 10.0. The second kappa shape index (κ2) is 11.1. The summed E-state index contributed by atoms with van der Waals surface area (Å²) in [4.78, 5) is 27.5. The SMILES string of the molecule is Cn1ncc(-c2ccc3cnc(CC(=O)c4cccc(CN5CCCC5)c4)nc3c2)c1CN1CCCCC1. The predicted molar refractivity (Wildman–Crippen MR) is 150 cm³/mol. The highest BCUT2D eigenvalue weighted by atomic mass is 16.1. The molecule has 2 aliphatic heterocycles. The third-order valence-electron chi connectivity index (χ3n) is 8.00. The van der Waals surface area contributed by atoms with E-state index in [9.17, 15) is 4.79 Å². The number of hydrogen-bond acceptors (Lipinski definition) is 6. The van der Waals surface area contributed by atoms with E-state index in [4.69, 9.17) is 4.98 Å². The minimum Gasteiger partial charge on any atom is -0.299 e. The number of carbonyl (C=O) groups is 1. The van der Waals surface area contributed by atoms with E-state index in [2.05, 4.69) is 44.1 Å². The summed E-state index contributed by atoms with van der Waals surface area (Å²) in [5, 5.41) is 5.55. The fourth-order valence-electron chi connectivity index (χ4n) is 5.82. The molecule has 38 heavy (non-hydrogen) atoms. The van der Waals surface area contributed by atoms with Crippen LogP contribution in [0.3, 0.4) is 0 Å². The summed E-state index contributed by atoms with van der Waals surface area (Å²) in [7, 11) is 2.02. The van der Waals surface area contributed by atoms with Gasteiger partial charge in [-0.1, -0.05) is 36.8 Å². The summed E-state index contributed by atoms with van der Waals surface area (Å²) >= 11 is 0. The Morgan fingerprint density at radius 3 is 2.45 bits per heavy atom. The Bertz CT molecular complexity index is 1430. The first-order chi connectivity index (χ1) is 18.6. The number of fused-ring (bicyclic) bond motifs is 1. The maximum absolute atomic E-state index is 13.2. The van der Waals surface area contributed by atoms with Crippen molar-refractivity contribution in [2.24, 2.45) is 7.05 Å². The van der Waals surface area contributed by atoms with E-state index in [0.717, 1.165) is 66.9 Å². The zero-order valence-corrected chi connectivity index (χ0v) is 22.3. The van der Waals surface area contributed by atoms with Gasteiger partial charge in [0.05, 0.1) is 23.8 Å². The molecule has 0 amide bonds. The number of ketones is 1. The van der Waals surface area contributed by atoms with Crippen molar-refractivity contribution in [2.45, 2.75) is 51.6 Å². The van der Waals surface area contributed by atoms with Gasteiger partial charge >= 0.3 is 0 Å². The fraction of sp³-hybridized carbons (Fsp3) is 0.419. The lowest BCUT2D eigenvalue weighted by Gasteiger charge is -2.26. The number of likely N-dealkylation sites (tertiary alicyclic amines) is 2. The van der Waals surface area contributed by atoms with E-state index in [1.165, 1.54) is 43.4 Å². The van der Waals surface area contributed by atoms with Crippen LogP contribution < -0.4 is 0 Å². The van der Waals surface area contributed by atoms with Crippen molar-refractivity contribution in [3.63, 3.8) is 0 Å². The first kappa shape index (κ1) is 24.9. The van der Waals surface area contributed by atoms with Gasteiger partial charge in [-0.25, -0.2) is 9.97 Å². The lowest BCUT2D eigenvalue weighted by Crippen LogP contribution is -2.30. The first-order valence-corrected chi connectivity index (χ1v) is 14.0. The van der Waals surface area contributed by atoms with Gasteiger partial charge in [-0.3, -0.25) is 19.3 Å². The summed E-state index contributed by atoms with van der Waals surface area (Å²) in [5.74, 6) is 0.615. The molecular weight excluding hydrogens is 472 g/mol. The lowest BCUT2D eigenvalue weighted by molar-refractivity contribution is 0.0990. The molecule has 0 bridgehead atoms. The van der Waals surface area contributed by atoms with Crippen molar-refractivity contribution in [1.82, 2.24) is 29.5 Å².